The molecule has 0 aliphatic carbocycles. The van der Waals surface area contributed by atoms with E-state index in [9.17, 15) is 19.5 Å². The molecule has 2 rings (SSSR count). The summed E-state index contributed by atoms with van der Waals surface area (Å²) >= 11 is 0. The minimum Gasteiger partial charge on any atom is -0.540 e. The first-order valence-corrected chi connectivity index (χ1v) is 7.41. The van der Waals surface area contributed by atoms with Gasteiger partial charge < -0.3 is 25.9 Å². The summed E-state index contributed by atoms with van der Waals surface area (Å²) in [6.07, 6.45) is 0. The van der Waals surface area contributed by atoms with Crippen molar-refractivity contribution in [3.8, 4) is 11.4 Å². The summed E-state index contributed by atoms with van der Waals surface area (Å²) in [6.45, 7) is 2.17. The van der Waals surface area contributed by atoms with E-state index in [4.69, 9.17) is 0 Å². The van der Waals surface area contributed by atoms with Gasteiger partial charge in [0.05, 0.1) is 0 Å². The zero-order chi connectivity index (χ0) is 18.2. The Bertz CT molecular complexity index is 785. The zero-order valence-electron chi connectivity index (χ0n) is 14.4. The second-order valence-corrected chi connectivity index (χ2v) is 4.98. The monoisotopic (exact) mass is 427 g/mol. The maximum atomic E-state index is 11.3. The number of carboxylic acids is 1. The van der Waals surface area contributed by atoms with Crippen molar-refractivity contribution in [2.75, 3.05) is 23.7 Å². The summed E-state index contributed by atoms with van der Waals surface area (Å²) in [5.41, 5.74) is 0.692. The molecular weight excluding hydrogens is 412 g/mol. The maximum absolute atomic E-state index is 11.3. The Morgan fingerprint density at radius 1 is 1.04 bits per heavy atom. The van der Waals surface area contributed by atoms with E-state index in [1.165, 1.54) is 13.0 Å². The van der Waals surface area contributed by atoms with Gasteiger partial charge >= 0.3 is 58.2 Å². The Kier molecular flexibility index (Phi) is 9.56. The quantitative estimate of drug-likeness (QED) is 0.320. The van der Waals surface area contributed by atoms with Gasteiger partial charge in [0.1, 0.15) is 17.6 Å². The minimum absolute atomic E-state index is 0. The molecule has 0 saturated heterocycles. The van der Waals surface area contributed by atoms with Crippen molar-refractivity contribution in [2.45, 2.75) is 6.92 Å². The largest absolute Gasteiger partial charge is 1.00 e. The number of hydrogen-bond acceptors (Lipinski definition) is 7. The number of aliphatic carboxylic acids is 1. The number of anilines is 2. The molecule has 0 radical (unpaired) electrons. The van der Waals surface area contributed by atoms with Gasteiger partial charge in [-0.25, -0.2) is 9.97 Å². The number of carboxylic acid groups (broad SMARTS) is 1. The van der Waals surface area contributed by atoms with Crippen LogP contribution in [-0.4, -0.2) is 40.8 Å². The van der Waals surface area contributed by atoms with E-state index in [1.54, 1.807) is 24.3 Å². The average Bonchev–Trinajstić information content (AvgIpc) is 2.59. The van der Waals surface area contributed by atoms with Crippen molar-refractivity contribution in [1.82, 2.24) is 15.3 Å². The molecule has 0 bridgehead atoms. The Morgan fingerprint density at radius 3 is 2.31 bits per heavy atom. The van der Waals surface area contributed by atoms with Gasteiger partial charge in [-0.05, 0) is 0 Å². The molecule has 1 aromatic heterocycles. The summed E-state index contributed by atoms with van der Waals surface area (Å²) in [7, 11) is 0. The van der Waals surface area contributed by atoms with Gasteiger partial charge in [-0.2, -0.15) is 0 Å². The van der Waals surface area contributed by atoms with E-state index in [0.29, 0.717) is 30.3 Å². The first-order valence-electron chi connectivity index (χ1n) is 7.41. The molecule has 0 unspecified atom stereocenters. The number of nitrogens with zero attached hydrogens (tertiary/aromatic N) is 2. The number of hydrogen-bond donors (Lipinski definition) is 3. The third kappa shape index (κ3) is 7.28. The second-order valence-electron chi connectivity index (χ2n) is 4.98. The SMILES string of the molecule is CC(=O)NCCNc1cc(NC(=O)C(=O)[O-])nc(-c2ccccc2)n1.[Rb+]. The first-order chi connectivity index (χ1) is 12.0. The summed E-state index contributed by atoms with van der Waals surface area (Å²) in [6, 6.07) is 10.4. The minimum atomic E-state index is -1.86. The molecular formula is C16H16N5O4Rb. The van der Waals surface area contributed by atoms with Gasteiger partial charge in [0, 0.05) is 31.6 Å². The van der Waals surface area contributed by atoms with Crippen LogP contribution in [0, 0.1) is 0 Å². The number of carbonyl (C=O) groups is 3. The molecule has 2 aromatic rings. The molecule has 9 nitrogen and oxygen atoms in total. The Balaban J connectivity index is 0.00000338. The molecule has 0 aliphatic rings. The van der Waals surface area contributed by atoms with Gasteiger partial charge in [0.25, 0.3) is 5.91 Å². The molecule has 10 heteroatoms. The van der Waals surface area contributed by atoms with Gasteiger partial charge in [-0.3, -0.25) is 9.59 Å². The average molecular weight is 428 g/mol. The van der Waals surface area contributed by atoms with Crippen LogP contribution in [0.4, 0.5) is 11.6 Å². The molecule has 130 valence electrons. The summed E-state index contributed by atoms with van der Waals surface area (Å²) in [5, 5.41) is 18.3. The molecule has 3 N–H and O–H groups in total. The normalized spacial score (nSPS) is 9.58. The number of carbonyl (C=O) groups excluding carboxylic acids is 3. The van der Waals surface area contributed by atoms with Crippen molar-refractivity contribution < 1.29 is 77.7 Å². The fourth-order valence-corrected chi connectivity index (χ4v) is 1.91. The molecule has 0 atom stereocenters. The van der Waals surface area contributed by atoms with Gasteiger partial charge in [0.2, 0.25) is 5.91 Å². The predicted molar refractivity (Wildman–Crippen MR) is 88.3 cm³/mol. The molecule has 1 aromatic carbocycles. The number of amides is 2. The number of rotatable bonds is 6. The Hall–Kier alpha value is -1.68. The summed E-state index contributed by atoms with van der Waals surface area (Å²) < 4.78 is 0. The van der Waals surface area contributed by atoms with Crippen LogP contribution < -0.4 is 79.2 Å². The van der Waals surface area contributed by atoms with E-state index >= 15 is 0 Å². The fraction of sp³-hybridized carbons (Fsp3) is 0.188. The number of aromatic nitrogens is 2. The molecule has 0 spiro atoms. The van der Waals surface area contributed by atoms with Crippen molar-refractivity contribution in [2.24, 2.45) is 0 Å². The van der Waals surface area contributed by atoms with Crippen LogP contribution in [0.3, 0.4) is 0 Å². The van der Waals surface area contributed by atoms with E-state index in [0.717, 1.165) is 0 Å². The molecule has 2 amide bonds. The Morgan fingerprint density at radius 2 is 1.69 bits per heavy atom. The molecule has 0 fully saturated rings. The van der Waals surface area contributed by atoms with Crippen molar-refractivity contribution >= 4 is 29.4 Å². The molecule has 1 heterocycles. The zero-order valence-corrected chi connectivity index (χ0v) is 19.3. The maximum Gasteiger partial charge on any atom is 1.00 e. The summed E-state index contributed by atoms with van der Waals surface area (Å²) in [5.74, 6) is -2.63. The van der Waals surface area contributed by atoms with Gasteiger partial charge in [-0.1, -0.05) is 30.3 Å². The first kappa shape index (κ1) is 22.4. The second kappa shape index (κ2) is 11.1. The van der Waals surface area contributed by atoms with E-state index in [1.807, 2.05) is 6.07 Å². The van der Waals surface area contributed by atoms with Gasteiger partial charge in [0.15, 0.2) is 5.82 Å². The Labute approximate surface area is 198 Å². The number of benzene rings is 1. The van der Waals surface area contributed by atoms with Crippen LogP contribution in [0.25, 0.3) is 11.4 Å². The van der Waals surface area contributed by atoms with E-state index in [-0.39, 0.29) is 69.9 Å². The van der Waals surface area contributed by atoms with Crippen LogP contribution in [-0.2, 0) is 14.4 Å². The van der Waals surface area contributed by atoms with Crippen LogP contribution in [0.2, 0.25) is 0 Å². The summed E-state index contributed by atoms with van der Waals surface area (Å²) in [4.78, 5) is 41.2. The predicted octanol–water partition coefficient (Wildman–Crippen LogP) is -3.62. The molecule has 0 aliphatic heterocycles. The smallest absolute Gasteiger partial charge is 0.540 e. The fourth-order valence-electron chi connectivity index (χ4n) is 1.91. The van der Waals surface area contributed by atoms with Crippen molar-refractivity contribution in [3.63, 3.8) is 0 Å². The van der Waals surface area contributed by atoms with Gasteiger partial charge in [-0.15, -0.1) is 0 Å². The topological polar surface area (TPSA) is 136 Å². The third-order valence-corrected chi connectivity index (χ3v) is 2.99. The number of nitrogens with one attached hydrogen (secondary N) is 3. The van der Waals surface area contributed by atoms with E-state index < -0.39 is 11.9 Å². The van der Waals surface area contributed by atoms with Crippen LogP contribution in [0.15, 0.2) is 36.4 Å². The van der Waals surface area contributed by atoms with E-state index in [2.05, 4.69) is 25.9 Å². The van der Waals surface area contributed by atoms with Crippen LogP contribution >= 0.6 is 0 Å². The van der Waals surface area contributed by atoms with Crippen LogP contribution in [0.1, 0.15) is 6.92 Å². The van der Waals surface area contributed by atoms with Crippen molar-refractivity contribution in [1.29, 1.82) is 0 Å². The van der Waals surface area contributed by atoms with Crippen LogP contribution in [0.5, 0.6) is 0 Å². The molecule has 26 heavy (non-hydrogen) atoms. The third-order valence-electron chi connectivity index (χ3n) is 2.99. The standard InChI is InChI=1S/C16H17N5O4.Rb/c1-10(22)17-7-8-18-12-9-13(21-15(23)16(24)25)20-14(19-12)11-5-3-2-4-6-11;/h2-6,9H,7-8H2,1H3,(H,17,22)(H,24,25)(H2,18,19,20,21,23);/q;+1/p-1. The molecule has 0 saturated carbocycles. The van der Waals surface area contributed by atoms with Crippen molar-refractivity contribution in [3.05, 3.63) is 36.4 Å².